The molecule has 3 heterocycles. The lowest BCUT2D eigenvalue weighted by atomic mass is 9.78. The molecule has 1 N–H and O–H groups in total. The number of thiophene rings is 1. The zero-order valence-electron chi connectivity index (χ0n) is 10.7. The largest absolute Gasteiger partial charge is 0.329 e. The van der Waals surface area contributed by atoms with Crippen molar-refractivity contribution in [3.05, 3.63) is 40.6 Å². The predicted molar refractivity (Wildman–Crippen MR) is 75.1 cm³/mol. The van der Waals surface area contributed by atoms with Crippen LogP contribution in [0.4, 0.5) is 0 Å². The summed E-state index contributed by atoms with van der Waals surface area (Å²) in [5.74, 6) is 0. The molecule has 3 nitrogen and oxygen atoms in total. The third kappa shape index (κ3) is 2.22. The van der Waals surface area contributed by atoms with Crippen molar-refractivity contribution in [1.82, 2.24) is 14.9 Å². The van der Waals surface area contributed by atoms with Gasteiger partial charge in [0, 0.05) is 22.2 Å². The van der Waals surface area contributed by atoms with Gasteiger partial charge < -0.3 is 9.88 Å². The second-order valence-electron chi connectivity index (χ2n) is 5.30. The Morgan fingerprint density at radius 2 is 2.28 bits per heavy atom. The zero-order valence-corrected chi connectivity index (χ0v) is 11.5. The summed E-state index contributed by atoms with van der Waals surface area (Å²) in [6.45, 7) is 5.55. The van der Waals surface area contributed by atoms with Gasteiger partial charge in [-0.15, -0.1) is 11.3 Å². The fraction of sp³-hybridized carbons (Fsp3) is 0.500. The van der Waals surface area contributed by atoms with Crippen LogP contribution in [0.1, 0.15) is 30.3 Å². The fourth-order valence-electron chi connectivity index (χ4n) is 2.75. The maximum absolute atomic E-state index is 4.37. The van der Waals surface area contributed by atoms with Gasteiger partial charge in [-0.3, -0.25) is 0 Å². The van der Waals surface area contributed by atoms with E-state index in [4.69, 9.17) is 0 Å². The molecule has 0 bridgehead atoms. The van der Waals surface area contributed by atoms with Crippen LogP contribution in [0.15, 0.2) is 30.0 Å². The molecule has 2 aromatic rings. The van der Waals surface area contributed by atoms with Crippen molar-refractivity contribution in [3.63, 3.8) is 0 Å². The molecule has 3 rings (SSSR count). The van der Waals surface area contributed by atoms with Gasteiger partial charge >= 0.3 is 0 Å². The van der Waals surface area contributed by atoms with Gasteiger partial charge in [-0.1, -0.05) is 13.0 Å². The van der Waals surface area contributed by atoms with E-state index in [1.54, 1.807) is 0 Å². The third-order valence-corrected chi connectivity index (χ3v) is 4.81. The average Bonchev–Trinajstić information content (AvgIpc) is 3.02. The lowest BCUT2D eigenvalue weighted by Crippen LogP contribution is -2.39. The summed E-state index contributed by atoms with van der Waals surface area (Å²) < 4.78 is 2.32. The number of aromatic nitrogens is 2. The van der Waals surface area contributed by atoms with Gasteiger partial charge in [0.15, 0.2) is 0 Å². The minimum absolute atomic E-state index is 0.277. The van der Waals surface area contributed by atoms with Gasteiger partial charge in [-0.05, 0) is 37.4 Å². The van der Waals surface area contributed by atoms with Gasteiger partial charge in [-0.25, -0.2) is 4.98 Å². The van der Waals surface area contributed by atoms with Crippen LogP contribution >= 0.6 is 11.3 Å². The van der Waals surface area contributed by atoms with Crippen LogP contribution in [-0.2, 0) is 12.0 Å². The topological polar surface area (TPSA) is 29.9 Å². The molecule has 2 aromatic heterocycles. The Hall–Kier alpha value is -1.13. The van der Waals surface area contributed by atoms with E-state index >= 15 is 0 Å². The predicted octanol–water partition coefficient (Wildman–Crippen LogP) is 2.63. The van der Waals surface area contributed by atoms with E-state index in [2.05, 4.69) is 45.5 Å². The Morgan fingerprint density at radius 3 is 3.00 bits per heavy atom. The van der Waals surface area contributed by atoms with E-state index in [1.807, 2.05) is 17.7 Å². The van der Waals surface area contributed by atoms with E-state index in [1.165, 1.54) is 23.4 Å². The Balaban J connectivity index is 1.86. The van der Waals surface area contributed by atoms with E-state index in [0.29, 0.717) is 0 Å². The number of hydrogen-bond donors (Lipinski definition) is 1. The maximum atomic E-state index is 4.37. The molecule has 1 saturated heterocycles. The number of hydrogen-bond acceptors (Lipinski definition) is 3. The lowest BCUT2D eigenvalue weighted by Gasteiger charge is -2.34. The first-order chi connectivity index (χ1) is 8.78. The monoisotopic (exact) mass is 261 g/mol. The molecule has 0 radical (unpaired) electrons. The van der Waals surface area contributed by atoms with E-state index in [-0.39, 0.29) is 5.41 Å². The van der Waals surface area contributed by atoms with E-state index in [9.17, 15) is 0 Å². The number of rotatable bonds is 3. The molecular formula is C14H19N3S. The molecule has 0 spiro atoms. The van der Waals surface area contributed by atoms with Crippen molar-refractivity contribution < 1.29 is 0 Å². The van der Waals surface area contributed by atoms with Gasteiger partial charge in [0.1, 0.15) is 0 Å². The Bertz CT molecular complexity index is 495. The van der Waals surface area contributed by atoms with Crippen LogP contribution in [0.5, 0.6) is 0 Å². The van der Waals surface area contributed by atoms with Crippen molar-refractivity contribution in [2.45, 2.75) is 31.7 Å². The highest BCUT2D eigenvalue weighted by molar-refractivity contribution is 7.09. The smallest absolute Gasteiger partial charge is 0.0951 e. The van der Waals surface area contributed by atoms with E-state index < -0.39 is 0 Å². The van der Waals surface area contributed by atoms with Gasteiger partial charge in [0.05, 0.1) is 12.9 Å². The summed E-state index contributed by atoms with van der Waals surface area (Å²) >= 11 is 1.81. The van der Waals surface area contributed by atoms with Crippen LogP contribution in [0, 0.1) is 0 Å². The second kappa shape index (κ2) is 4.86. The maximum Gasteiger partial charge on any atom is 0.0951 e. The molecule has 96 valence electrons. The first-order valence-electron chi connectivity index (χ1n) is 6.52. The fourth-order valence-corrected chi connectivity index (χ4v) is 3.46. The normalized spacial score (nSPS) is 18.9. The number of piperidine rings is 1. The molecule has 1 fully saturated rings. The van der Waals surface area contributed by atoms with Crippen molar-refractivity contribution in [2.75, 3.05) is 13.1 Å². The highest BCUT2D eigenvalue weighted by atomic mass is 32.1. The number of nitrogens with zero attached hydrogens (tertiary/aromatic N) is 2. The number of imidazole rings is 1. The first-order valence-corrected chi connectivity index (χ1v) is 7.40. The number of nitrogens with one attached hydrogen (secondary N) is 1. The summed E-state index contributed by atoms with van der Waals surface area (Å²) in [6, 6.07) is 4.31. The van der Waals surface area contributed by atoms with E-state index in [0.717, 1.165) is 19.6 Å². The second-order valence-corrected chi connectivity index (χ2v) is 6.33. The van der Waals surface area contributed by atoms with Crippen molar-refractivity contribution in [2.24, 2.45) is 0 Å². The van der Waals surface area contributed by atoms with Crippen molar-refractivity contribution >= 4 is 11.3 Å². The SMILES string of the molecule is CC1(c2cncn2Cc2cccs2)CCNCC1. The Kier molecular flexibility index (Phi) is 3.22. The molecule has 1 aliphatic heterocycles. The quantitative estimate of drug-likeness (QED) is 0.920. The van der Waals surface area contributed by atoms with Gasteiger partial charge in [0.2, 0.25) is 0 Å². The van der Waals surface area contributed by atoms with Crippen LogP contribution in [0.3, 0.4) is 0 Å². The van der Waals surface area contributed by atoms with Crippen molar-refractivity contribution in [3.8, 4) is 0 Å². The molecular weight excluding hydrogens is 242 g/mol. The van der Waals surface area contributed by atoms with Gasteiger partial charge in [0.25, 0.3) is 0 Å². The minimum Gasteiger partial charge on any atom is -0.329 e. The first kappa shape index (κ1) is 11.9. The molecule has 4 heteroatoms. The molecule has 0 aromatic carbocycles. The molecule has 1 aliphatic rings. The van der Waals surface area contributed by atoms with Crippen LogP contribution in [-0.4, -0.2) is 22.6 Å². The third-order valence-electron chi connectivity index (χ3n) is 3.94. The van der Waals surface area contributed by atoms with Crippen LogP contribution in [0.25, 0.3) is 0 Å². The zero-order chi connectivity index (χ0) is 12.4. The summed E-state index contributed by atoms with van der Waals surface area (Å²) in [5, 5.41) is 5.58. The van der Waals surface area contributed by atoms with Gasteiger partial charge in [-0.2, -0.15) is 0 Å². The summed E-state index contributed by atoms with van der Waals surface area (Å²) in [4.78, 5) is 5.77. The molecule has 18 heavy (non-hydrogen) atoms. The summed E-state index contributed by atoms with van der Waals surface area (Å²) in [6.07, 6.45) is 6.42. The molecule has 0 atom stereocenters. The molecule has 0 saturated carbocycles. The highest BCUT2D eigenvalue weighted by Gasteiger charge is 2.31. The molecule has 0 aliphatic carbocycles. The Labute approximate surface area is 112 Å². The minimum atomic E-state index is 0.277. The lowest BCUT2D eigenvalue weighted by molar-refractivity contribution is 0.319. The molecule has 0 unspecified atom stereocenters. The highest BCUT2D eigenvalue weighted by Crippen LogP contribution is 2.33. The van der Waals surface area contributed by atoms with Crippen LogP contribution in [0.2, 0.25) is 0 Å². The summed E-state index contributed by atoms with van der Waals surface area (Å²) in [5.41, 5.74) is 1.66. The van der Waals surface area contributed by atoms with Crippen LogP contribution < -0.4 is 5.32 Å². The standard InChI is InChI=1S/C14H19N3S/c1-14(4-6-15-7-5-14)13-9-16-11-17(13)10-12-3-2-8-18-12/h2-3,8-9,11,15H,4-7,10H2,1H3. The summed E-state index contributed by atoms with van der Waals surface area (Å²) in [7, 11) is 0. The Morgan fingerprint density at radius 1 is 1.44 bits per heavy atom. The average molecular weight is 261 g/mol. The molecule has 0 amide bonds. The van der Waals surface area contributed by atoms with Crippen molar-refractivity contribution in [1.29, 1.82) is 0 Å².